The van der Waals surface area contributed by atoms with E-state index in [1.807, 2.05) is 24.1 Å². The van der Waals surface area contributed by atoms with Gasteiger partial charge in [0.2, 0.25) is 0 Å². The number of aromatic nitrogens is 2. The Balaban J connectivity index is 1.79. The van der Waals surface area contributed by atoms with Gasteiger partial charge in [-0.3, -0.25) is 4.68 Å². The van der Waals surface area contributed by atoms with Gasteiger partial charge in [0, 0.05) is 25.3 Å². The molecule has 0 radical (unpaired) electrons. The molecule has 1 aliphatic carbocycles. The van der Waals surface area contributed by atoms with Crippen molar-refractivity contribution < 1.29 is 0 Å². The number of rotatable bonds is 3. The molecule has 1 saturated carbocycles. The fourth-order valence-corrected chi connectivity index (χ4v) is 1.86. The van der Waals surface area contributed by atoms with Crippen LogP contribution in [0.2, 0.25) is 0 Å². The van der Waals surface area contributed by atoms with E-state index in [4.69, 9.17) is 0 Å². The van der Waals surface area contributed by atoms with E-state index in [0.29, 0.717) is 6.04 Å². The van der Waals surface area contributed by atoms with Crippen LogP contribution in [0.5, 0.6) is 0 Å². The standard InChI is InChI=1S/C10H18N4/c1-13(2)10-4-8(5-10)12-9-6-11-14(3)7-9/h6-8,10,12H,4-5H2,1-3H3. The molecule has 1 aromatic heterocycles. The Kier molecular flexibility index (Phi) is 2.46. The van der Waals surface area contributed by atoms with Crippen LogP contribution in [0.25, 0.3) is 0 Å². The van der Waals surface area contributed by atoms with Crippen molar-refractivity contribution in [1.82, 2.24) is 14.7 Å². The molecule has 0 saturated heterocycles. The second-order valence-electron chi connectivity index (χ2n) is 4.33. The molecule has 78 valence electrons. The quantitative estimate of drug-likeness (QED) is 0.777. The van der Waals surface area contributed by atoms with E-state index in [1.54, 1.807) is 0 Å². The molecule has 4 nitrogen and oxygen atoms in total. The van der Waals surface area contributed by atoms with E-state index in [2.05, 4.69) is 29.4 Å². The first-order chi connectivity index (χ1) is 6.65. The van der Waals surface area contributed by atoms with Crippen molar-refractivity contribution in [3.8, 4) is 0 Å². The fourth-order valence-electron chi connectivity index (χ4n) is 1.86. The van der Waals surface area contributed by atoms with Gasteiger partial charge in [-0.25, -0.2) is 0 Å². The van der Waals surface area contributed by atoms with Gasteiger partial charge in [0.15, 0.2) is 0 Å². The van der Waals surface area contributed by atoms with Crippen LogP contribution in [0.4, 0.5) is 5.69 Å². The number of hydrogen-bond donors (Lipinski definition) is 1. The lowest BCUT2D eigenvalue weighted by Gasteiger charge is -2.40. The Bertz CT molecular complexity index is 299. The third kappa shape index (κ3) is 1.90. The normalized spacial score (nSPS) is 26.3. The first-order valence-corrected chi connectivity index (χ1v) is 5.07. The van der Waals surface area contributed by atoms with Gasteiger partial charge in [-0.05, 0) is 26.9 Å². The van der Waals surface area contributed by atoms with Gasteiger partial charge in [0.1, 0.15) is 0 Å². The fraction of sp³-hybridized carbons (Fsp3) is 0.700. The van der Waals surface area contributed by atoms with Crippen LogP contribution in [-0.2, 0) is 7.05 Å². The molecular weight excluding hydrogens is 176 g/mol. The minimum Gasteiger partial charge on any atom is -0.380 e. The molecule has 0 aromatic carbocycles. The molecule has 1 fully saturated rings. The molecule has 1 aliphatic rings. The van der Waals surface area contributed by atoms with Gasteiger partial charge in [-0.2, -0.15) is 5.10 Å². The molecule has 1 heterocycles. The summed E-state index contributed by atoms with van der Waals surface area (Å²) in [5.74, 6) is 0. The van der Waals surface area contributed by atoms with E-state index >= 15 is 0 Å². The summed E-state index contributed by atoms with van der Waals surface area (Å²) in [6.45, 7) is 0. The third-order valence-electron chi connectivity index (χ3n) is 2.92. The largest absolute Gasteiger partial charge is 0.380 e. The number of anilines is 1. The Morgan fingerprint density at radius 1 is 1.50 bits per heavy atom. The Morgan fingerprint density at radius 2 is 2.21 bits per heavy atom. The van der Waals surface area contributed by atoms with Crippen molar-refractivity contribution in [2.45, 2.75) is 24.9 Å². The summed E-state index contributed by atoms with van der Waals surface area (Å²) < 4.78 is 1.82. The Labute approximate surface area is 84.9 Å². The maximum atomic E-state index is 4.13. The average Bonchev–Trinajstić information content (AvgIpc) is 2.42. The molecule has 4 heteroatoms. The summed E-state index contributed by atoms with van der Waals surface area (Å²) in [5, 5.41) is 7.60. The molecular formula is C10H18N4. The van der Waals surface area contributed by atoms with Gasteiger partial charge in [-0.15, -0.1) is 0 Å². The van der Waals surface area contributed by atoms with E-state index in [0.717, 1.165) is 11.7 Å². The van der Waals surface area contributed by atoms with E-state index in [1.165, 1.54) is 12.8 Å². The first kappa shape index (κ1) is 9.52. The van der Waals surface area contributed by atoms with Crippen molar-refractivity contribution in [3.63, 3.8) is 0 Å². The topological polar surface area (TPSA) is 33.1 Å². The number of hydrogen-bond acceptors (Lipinski definition) is 3. The highest BCUT2D eigenvalue weighted by Crippen LogP contribution is 2.26. The zero-order chi connectivity index (χ0) is 10.1. The van der Waals surface area contributed by atoms with Crippen molar-refractivity contribution in [2.24, 2.45) is 7.05 Å². The van der Waals surface area contributed by atoms with Crippen molar-refractivity contribution in [3.05, 3.63) is 12.4 Å². The van der Waals surface area contributed by atoms with Crippen LogP contribution in [0, 0.1) is 0 Å². The number of nitrogens with one attached hydrogen (secondary N) is 1. The van der Waals surface area contributed by atoms with Crippen molar-refractivity contribution in [2.75, 3.05) is 19.4 Å². The minimum absolute atomic E-state index is 0.631. The van der Waals surface area contributed by atoms with E-state index < -0.39 is 0 Å². The minimum atomic E-state index is 0.631. The summed E-state index contributed by atoms with van der Waals surface area (Å²) in [5.41, 5.74) is 1.13. The molecule has 2 rings (SSSR count). The van der Waals surface area contributed by atoms with Crippen LogP contribution in [-0.4, -0.2) is 40.9 Å². The van der Waals surface area contributed by atoms with E-state index in [-0.39, 0.29) is 0 Å². The lowest BCUT2D eigenvalue weighted by atomic mass is 9.86. The predicted molar refractivity (Wildman–Crippen MR) is 57.3 cm³/mol. The van der Waals surface area contributed by atoms with Gasteiger partial charge in [0.25, 0.3) is 0 Å². The molecule has 0 spiro atoms. The molecule has 0 unspecified atom stereocenters. The highest BCUT2D eigenvalue weighted by molar-refractivity contribution is 5.40. The van der Waals surface area contributed by atoms with Gasteiger partial charge in [0.05, 0.1) is 11.9 Å². The maximum Gasteiger partial charge on any atom is 0.0728 e. The highest BCUT2D eigenvalue weighted by atomic mass is 15.3. The summed E-state index contributed by atoms with van der Waals surface area (Å²) in [6.07, 6.45) is 6.37. The molecule has 0 aliphatic heterocycles. The third-order valence-corrected chi connectivity index (χ3v) is 2.92. The predicted octanol–water partition coefficient (Wildman–Crippen LogP) is 0.925. The zero-order valence-electron chi connectivity index (χ0n) is 9.07. The molecule has 1 N–H and O–H groups in total. The molecule has 14 heavy (non-hydrogen) atoms. The number of aryl methyl sites for hydroxylation is 1. The van der Waals surface area contributed by atoms with Crippen LogP contribution < -0.4 is 5.32 Å². The van der Waals surface area contributed by atoms with Crippen LogP contribution in [0.15, 0.2) is 12.4 Å². The van der Waals surface area contributed by atoms with Gasteiger partial charge < -0.3 is 10.2 Å². The summed E-state index contributed by atoms with van der Waals surface area (Å²) in [6, 6.07) is 1.38. The van der Waals surface area contributed by atoms with Crippen LogP contribution in [0.3, 0.4) is 0 Å². The highest BCUT2D eigenvalue weighted by Gasteiger charge is 2.30. The van der Waals surface area contributed by atoms with Gasteiger partial charge >= 0.3 is 0 Å². The SMILES string of the molecule is CN(C)C1CC(Nc2cnn(C)c2)C1. The van der Waals surface area contributed by atoms with Crippen LogP contribution in [0.1, 0.15) is 12.8 Å². The molecule has 0 bridgehead atoms. The maximum absolute atomic E-state index is 4.13. The molecule has 0 amide bonds. The summed E-state index contributed by atoms with van der Waals surface area (Å²) in [4.78, 5) is 2.29. The smallest absolute Gasteiger partial charge is 0.0728 e. The van der Waals surface area contributed by atoms with Gasteiger partial charge in [-0.1, -0.05) is 0 Å². The van der Waals surface area contributed by atoms with Crippen molar-refractivity contribution in [1.29, 1.82) is 0 Å². The Morgan fingerprint density at radius 3 is 2.71 bits per heavy atom. The molecule has 1 aromatic rings. The number of nitrogens with zero attached hydrogens (tertiary/aromatic N) is 3. The monoisotopic (exact) mass is 194 g/mol. The Hall–Kier alpha value is -1.03. The molecule has 0 atom stereocenters. The lowest BCUT2D eigenvalue weighted by molar-refractivity contribution is 0.177. The first-order valence-electron chi connectivity index (χ1n) is 5.07. The zero-order valence-corrected chi connectivity index (χ0v) is 9.07. The lowest BCUT2D eigenvalue weighted by Crippen LogP contribution is -2.46. The second-order valence-corrected chi connectivity index (χ2v) is 4.33. The second kappa shape index (κ2) is 3.61. The summed E-state index contributed by atoms with van der Waals surface area (Å²) in [7, 11) is 6.23. The average molecular weight is 194 g/mol. The van der Waals surface area contributed by atoms with Crippen LogP contribution >= 0.6 is 0 Å². The van der Waals surface area contributed by atoms with Crippen molar-refractivity contribution >= 4 is 5.69 Å². The van der Waals surface area contributed by atoms with E-state index in [9.17, 15) is 0 Å². The summed E-state index contributed by atoms with van der Waals surface area (Å²) >= 11 is 0.